The summed E-state index contributed by atoms with van der Waals surface area (Å²) in [6, 6.07) is 8.16. The molecule has 1 atom stereocenters. The Morgan fingerprint density at radius 2 is 1.85 bits per heavy atom. The Morgan fingerprint density at radius 1 is 1.07 bits per heavy atom. The highest BCUT2D eigenvalue weighted by molar-refractivity contribution is 9.10. The molecule has 0 aromatic heterocycles. The summed E-state index contributed by atoms with van der Waals surface area (Å²) in [4.78, 5) is 28.7. The smallest absolute Gasteiger partial charge is 0.317 e. The van der Waals surface area contributed by atoms with E-state index in [1.807, 2.05) is 34.1 Å². The number of piperidine rings is 1. The number of nitrogens with zero attached hydrogens (tertiary/aromatic N) is 2. The molecule has 1 unspecified atom stereocenters. The van der Waals surface area contributed by atoms with Gasteiger partial charge in [0.25, 0.3) is 0 Å². The molecular formula is C20H26BrN3O3. The van der Waals surface area contributed by atoms with Gasteiger partial charge in [-0.25, -0.2) is 4.79 Å². The van der Waals surface area contributed by atoms with E-state index in [1.165, 1.54) is 0 Å². The molecule has 2 saturated heterocycles. The van der Waals surface area contributed by atoms with Crippen molar-refractivity contribution in [1.29, 1.82) is 0 Å². The SMILES string of the molecule is O=C(NC1CCN(C(=O)C2CC2)CC1)N1CCOC(c2cccc(Br)c2)C1. The van der Waals surface area contributed by atoms with E-state index in [4.69, 9.17) is 4.74 Å². The number of hydrogen-bond donors (Lipinski definition) is 1. The Kier molecular flexibility index (Phi) is 5.68. The maximum Gasteiger partial charge on any atom is 0.317 e. The fourth-order valence-corrected chi connectivity index (χ4v) is 4.26. The van der Waals surface area contributed by atoms with Gasteiger partial charge in [0, 0.05) is 36.1 Å². The molecule has 3 fully saturated rings. The third-order valence-corrected chi connectivity index (χ3v) is 6.13. The molecule has 1 N–H and O–H groups in total. The topological polar surface area (TPSA) is 61.9 Å². The predicted molar refractivity (Wildman–Crippen MR) is 105 cm³/mol. The third kappa shape index (κ3) is 4.63. The van der Waals surface area contributed by atoms with Crippen molar-refractivity contribution in [2.45, 2.75) is 37.8 Å². The van der Waals surface area contributed by atoms with Gasteiger partial charge in [-0.3, -0.25) is 4.79 Å². The van der Waals surface area contributed by atoms with Crippen LogP contribution in [-0.4, -0.2) is 60.6 Å². The molecule has 2 heterocycles. The maximum absolute atomic E-state index is 12.7. The third-order valence-electron chi connectivity index (χ3n) is 5.63. The highest BCUT2D eigenvalue weighted by atomic mass is 79.9. The number of carbonyl (C=O) groups excluding carboxylic acids is 2. The van der Waals surface area contributed by atoms with Crippen LogP contribution in [0.3, 0.4) is 0 Å². The molecule has 0 bridgehead atoms. The van der Waals surface area contributed by atoms with E-state index in [2.05, 4.69) is 21.2 Å². The molecule has 1 aromatic carbocycles. The van der Waals surface area contributed by atoms with Crippen molar-refractivity contribution in [3.63, 3.8) is 0 Å². The van der Waals surface area contributed by atoms with Gasteiger partial charge < -0.3 is 19.9 Å². The summed E-state index contributed by atoms with van der Waals surface area (Å²) in [6.07, 6.45) is 3.67. The Hall–Kier alpha value is -1.60. The average molecular weight is 436 g/mol. The molecule has 7 heteroatoms. The molecule has 6 nitrogen and oxygen atoms in total. The highest BCUT2D eigenvalue weighted by Crippen LogP contribution is 2.32. The summed E-state index contributed by atoms with van der Waals surface area (Å²) in [6.45, 7) is 3.21. The monoisotopic (exact) mass is 435 g/mol. The van der Waals surface area contributed by atoms with Gasteiger partial charge in [0.05, 0.1) is 13.2 Å². The number of nitrogens with one attached hydrogen (secondary N) is 1. The second-order valence-electron chi connectivity index (χ2n) is 7.68. The normalized spacial score (nSPS) is 24.0. The number of hydrogen-bond acceptors (Lipinski definition) is 3. The lowest BCUT2D eigenvalue weighted by atomic mass is 10.0. The molecule has 1 saturated carbocycles. The van der Waals surface area contributed by atoms with Crippen LogP contribution in [-0.2, 0) is 9.53 Å². The van der Waals surface area contributed by atoms with Crippen molar-refractivity contribution in [3.8, 4) is 0 Å². The van der Waals surface area contributed by atoms with Crippen LogP contribution in [0.15, 0.2) is 28.7 Å². The molecule has 1 aromatic rings. The fraction of sp³-hybridized carbons (Fsp3) is 0.600. The Bertz CT molecular complexity index is 701. The fourth-order valence-electron chi connectivity index (χ4n) is 3.84. The van der Waals surface area contributed by atoms with Crippen LogP contribution in [0.25, 0.3) is 0 Å². The van der Waals surface area contributed by atoms with E-state index in [-0.39, 0.29) is 24.1 Å². The molecule has 4 rings (SSSR count). The number of amides is 3. The van der Waals surface area contributed by atoms with Crippen molar-refractivity contribution in [3.05, 3.63) is 34.3 Å². The quantitative estimate of drug-likeness (QED) is 0.793. The van der Waals surface area contributed by atoms with E-state index in [9.17, 15) is 9.59 Å². The Labute approximate surface area is 168 Å². The number of halogens is 1. The molecule has 1 aliphatic carbocycles. The van der Waals surface area contributed by atoms with E-state index in [0.29, 0.717) is 25.6 Å². The maximum atomic E-state index is 12.7. The number of urea groups is 1. The molecular weight excluding hydrogens is 410 g/mol. The predicted octanol–water partition coefficient (Wildman–Crippen LogP) is 2.93. The first kappa shape index (κ1) is 18.7. The van der Waals surface area contributed by atoms with E-state index in [0.717, 1.165) is 48.8 Å². The Balaban J connectivity index is 1.27. The Morgan fingerprint density at radius 3 is 2.56 bits per heavy atom. The minimum Gasteiger partial charge on any atom is -0.370 e. The van der Waals surface area contributed by atoms with Crippen LogP contribution in [0.1, 0.15) is 37.4 Å². The van der Waals surface area contributed by atoms with Crippen molar-refractivity contribution in [1.82, 2.24) is 15.1 Å². The van der Waals surface area contributed by atoms with Crippen LogP contribution in [0.4, 0.5) is 4.79 Å². The van der Waals surface area contributed by atoms with Gasteiger partial charge in [-0.1, -0.05) is 28.1 Å². The summed E-state index contributed by atoms with van der Waals surface area (Å²) < 4.78 is 6.88. The number of likely N-dealkylation sites (tertiary alicyclic amines) is 1. The molecule has 0 radical (unpaired) electrons. The number of morpholine rings is 1. The summed E-state index contributed by atoms with van der Waals surface area (Å²) >= 11 is 3.49. The van der Waals surface area contributed by atoms with E-state index >= 15 is 0 Å². The van der Waals surface area contributed by atoms with Gasteiger partial charge in [-0.15, -0.1) is 0 Å². The van der Waals surface area contributed by atoms with Crippen LogP contribution < -0.4 is 5.32 Å². The van der Waals surface area contributed by atoms with Gasteiger partial charge in [0.15, 0.2) is 0 Å². The van der Waals surface area contributed by atoms with Crippen molar-refractivity contribution >= 4 is 27.9 Å². The minimum absolute atomic E-state index is 0.0229. The van der Waals surface area contributed by atoms with Crippen molar-refractivity contribution in [2.24, 2.45) is 5.92 Å². The van der Waals surface area contributed by atoms with Crippen LogP contribution in [0, 0.1) is 5.92 Å². The first-order chi connectivity index (χ1) is 13.1. The summed E-state index contributed by atoms with van der Waals surface area (Å²) in [5.41, 5.74) is 1.08. The second-order valence-corrected chi connectivity index (χ2v) is 8.60. The van der Waals surface area contributed by atoms with Crippen molar-refractivity contribution < 1.29 is 14.3 Å². The zero-order chi connectivity index (χ0) is 18.8. The van der Waals surface area contributed by atoms with E-state index in [1.54, 1.807) is 0 Å². The van der Waals surface area contributed by atoms with Gasteiger partial charge in [-0.05, 0) is 43.4 Å². The molecule has 27 heavy (non-hydrogen) atoms. The van der Waals surface area contributed by atoms with Gasteiger partial charge in [-0.2, -0.15) is 0 Å². The van der Waals surface area contributed by atoms with Crippen molar-refractivity contribution in [2.75, 3.05) is 32.8 Å². The standard InChI is InChI=1S/C20H26BrN3O3/c21-16-3-1-2-15(12-16)18-13-24(10-11-27-18)20(26)22-17-6-8-23(9-7-17)19(25)14-4-5-14/h1-3,12,14,17-18H,4-11,13H2,(H,22,26). The highest BCUT2D eigenvalue weighted by Gasteiger charge is 2.35. The molecule has 3 aliphatic rings. The summed E-state index contributed by atoms with van der Waals surface area (Å²) in [5.74, 6) is 0.587. The molecule has 2 aliphatic heterocycles. The lowest BCUT2D eigenvalue weighted by Crippen LogP contribution is -2.53. The number of ether oxygens (including phenoxy) is 1. The lowest BCUT2D eigenvalue weighted by Gasteiger charge is -2.36. The zero-order valence-electron chi connectivity index (χ0n) is 15.4. The number of benzene rings is 1. The minimum atomic E-state index is -0.0972. The molecule has 0 spiro atoms. The van der Waals surface area contributed by atoms with Crippen LogP contribution >= 0.6 is 15.9 Å². The summed E-state index contributed by atoms with van der Waals surface area (Å²) in [7, 11) is 0. The van der Waals surface area contributed by atoms with Gasteiger partial charge >= 0.3 is 6.03 Å². The molecule has 146 valence electrons. The van der Waals surface area contributed by atoms with Gasteiger partial charge in [0.1, 0.15) is 6.10 Å². The summed E-state index contributed by atoms with van der Waals surface area (Å²) in [5, 5.41) is 3.16. The second kappa shape index (κ2) is 8.19. The largest absolute Gasteiger partial charge is 0.370 e. The first-order valence-electron chi connectivity index (χ1n) is 9.81. The van der Waals surface area contributed by atoms with E-state index < -0.39 is 0 Å². The number of carbonyl (C=O) groups is 2. The first-order valence-corrected chi connectivity index (χ1v) is 10.6. The lowest BCUT2D eigenvalue weighted by molar-refractivity contribution is -0.133. The van der Waals surface area contributed by atoms with Gasteiger partial charge in [0.2, 0.25) is 5.91 Å². The molecule has 3 amide bonds. The average Bonchev–Trinajstić information content (AvgIpc) is 3.53. The zero-order valence-corrected chi connectivity index (χ0v) is 17.0. The van der Waals surface area contributed by atoms with Crippen LogP contribution in [0.2, 0.25) is 0 Å². The van der Waals surface area contributed by atoms with Crippen LogP contribution in [0.5, 0.6) is 0 Å². The number of rotatable bonds is 3.